The van der Waals surface area contributed by atoms with Crippen LogP contribution in [0.4, 0.5) is 0 Å². The Kier molecular flexibility index (Phi) is 9.41. The highest BCUT2D eigenvalue weighted by molar-refractivity contribution is 5.91. The smallest absolute Gasteiger partial charge is 0.135 e. The van der Waals surface area contributed by atoms with Crippen LogP contribution in [0.2, 0.25) is 0 Å². The minimum atomic E-state index is 0.865. The van der Waals surface area contributed by atoms with Crippen LogP contribution < -0.4 is 4.74 Å². The normalized spacial score (nSPS) is 11.2. The fourth-order valence-corrected chi connectivity index (χ4v) is 6.94. The van der Waals surface area contributed by atoms with Gasteiger partial charge in [-0.2, -0.15) is 0 Å². The van der Waals surface area contributed by atoms with Crippen LogP contribution in [0.25, 0.3) is 33.4 Å². The standard InChI is InChI=1S/C48H50O/c1-28-12-17-39(22-33(28)6)43-23-35(8)36(9)42(27-43)26-41-25-40(18-13-32(41)5)47-37(10)30(3)15-20-45(47)48-38(11)31(4)16-21-46(48)49-44-19-14-29(2)34(7)24-44/h12-25,27H,26H2,1-11H3. The van der Waals surface area contributed by atoms with E-state index >= 15 is 0 Å². The third-order valence-electron chi connectivity index (χ3n) is 11.0. The Labute approximate surface area is 294 Å². The van der Waals surface area contributed by atoms with Gasteiger partial charge < -0.3 is 4.74 Å². The molecular weight excluding hydrogens is 593 g/mol. The van der Waals surface area contributed by atoms with Crippen molar-refractivity contribution < 1.29 is 4.74 Å². The summed E-state index contributed by atoms with van der Waals surface area (Å²) in [6, 6.07) is 33.9. The van der Waals surface area contributed by atoms with E-state index in [4.69, 9.17) is 4.74 Å². The van der Waals surface area contributed by atoms with E-state index in [0.29, 0.717) is 0 Å². The molecule has 248 valence electrons. The van der Waals surface area contributed by atoms with Crippen molar-refractivity contribution in [2.24, 2.45) is 0 Å². The van der Waals surface area contributed by atoms with Crippen molar-refractivity contribution in [1.29, 1.82) is 0 Å². The molecule has 0 saturated carbocycles. The number of rotatable bonds is 7. The van der Waals surface area contributed by atoms with Crippen LogP contribution in [0.3, 0.4) is 0 Å². The quantitative estimate of drug-likeness (QED) is 0.168. The second kappa shape index (κ2) is 13.6. The summed E-state index contributed by atoms with van der Waals surface area (Å²) in [6.45, 7) is 24.3. The molecule has 0 aliphatic rings. The Morgan fingerprint density at radius 1 is 0.367 bits per heavy atom. The summed E-state index contributed by atoms with van der Waals surface area (Å²) in [4.78, 5) is 0. The van der Waals surface area contributed by atoms with Gasteiger partial charge in [-0.1, -0.05) is 72.8 Å². The van der Waals surface area contributed by atoms with Crippen LogP contribution in [0, 0.1) is 76.2 Å². The third-order valence-corrected chi connectivity index (χ3v) is 11.0. The van der Waals surface area contributed by atoms with Crippen LogP contribution >= 0.6 is 0 Å². The van der Waals surface area contributed by atoms with Gasteiger partial charge in [-0.15, -0.1) is 0 Å². The van der Waals surface area contributed by atoms with Crippen LogP contribution in [-0.2, 0) is 6.42 Å². The van der Waals surface area contributed by atoms with Crippen molar-refractivity contribution in [1.82, 2.24) is 0 Å². The van der Waals surface area contributed by atoms with Crippen molar-refractivity contribution in [3.05, 3.63) is 163 Å². The number of benzene rings is 6. The van der Waals surface area contributed by atoms with E-state index < -0.39 is 0 Å². The summed E-state index contributed by atoms with van der Waals surface area (Å²) in [7, 11) is 0. The molecule has 0 bridgehead atoms. The molecule has 1 heteroatoms. The number of hydrogen-bond acceptors (Lipinski definition) is 1. The van der Waals surface area contributed by atoms with E-state index in [9.17, 15) is 0 Å². The first-order chi connectivity index (χ1) is 23.3. The second-order valence-corrected chi connectivity index (χ2v) is 14.4. The molecule has 0 unspecified atom stereocenters. The zero-order valence-electron chi connectivity index (χ0n) is 31.3. The average molecular weight is 643 g/mol. The predicted octanol–water partition coefficient (Wildman–Crippen LogP) is 13.5. The zero-order valence-corrected chi connectivity index (χ0v) is 31.3. The Hall–Kier alpha value is -4.88. The topological polar surface area (TPSA) is 9.23 Å². The van der Waals surface area contributed by atoms with Gasteiger partial charge in [0.25, 0.3) is 0 Å². The summed E-state index contributed by atoms with van der Waals surface area (Å²) in [5, 5.41) is 0. The van der Waals surface area contributed by atoms with Crippen molar-refractivity contribution in [3.8, 4) is 44.9 Å². The van der Waals surface area contributed by atoms with Crippen molar-refractivity contribution in [2.75, 3.05) is 0 Å². The van der Waals surface area contributed by atoms with Crippen molar-refractivity contribution in [3.63, 3.8) is 0 Å². The molecule has 0 fully saturated rings. The van der Waals surface area contributed by atoms with Crippen molar-refractivity contribution in [2.45, 2.75) is 82.6 Å². The maximum absolute atomic E-state index is 6.70. The highest BCUT2D eigenvalue weighted by Gasteiger charge is 2.20. The summed E-state index contributed by atoms with van der Waals surface area (Å²) in [5.74, 6) is 1.75. The maximum Gasteiger partial charge on any atom is 0.135 e. The number of ether oxygens (including phenoxy) is 1. The largest absolute Gasteiger partial charge is 0.457 e. The minimum absolute atomic E-state index is 0.865. The van der Waals surface area contributed by atoms with Gasteiger partial charge in [-0.05, 0) is 201 Å². The molecule has 0 saturated heterocycles. The summed E-state index contributed by atoms with van der Waals surface area (Å²) < 4.78 is 6.70. The van der Waals surface area contributed by atoms with E-state index in [0.717, 1.165) is 23.5 Å². The molecule has 0 aliphatic heterocycles. The van der Waals surface area contributed by atoms with Gasteiger partial charge in [0.15, 0.2) is 0 Å². The zero-order chi connectivity index (χ0) is 35.1. The van der Waals surface area contributed by atoms with Gasteiger partial charge in [0.2, 0.25) is 0 Å². The number of aryl methyl sites for hydroxylation is 8. The van der Waals surface area contributed by atoms with Crippen LogP contribution in [0.5, 0.6) is 11.5 Å². The maximum atomic E-state index is 6.70. The molecule has 0 aromatic heterocycles. The first-order valence-electron chi connectivity index (χ1n) is 17.6. The Bertz CT molecular complexity index is 2230. The molecule has 0 atom stereocenters. The Balaban J connectivity index is 1.47. The lowest BCUT2D eigenvalue weighted by atomic mass is 9.84. The van der Waals surface area contributed by atoms with E-state index in [1.54, 1.807) is 0 Å². The van der Waals surface area contributed by atoms with E-state index in [1.165, 1.54) is 100 Å². The van der Waals surface area contributed by atoms with Crippen LogP contribution in [0.1, 0.15) is 72.3 Å². The second-order valence-electron chi connectivity index (χ2n) is 14.4. The molecule has 0 amide bonds. The fourth-order valence-electron chi connectivity index (χ4n) is 6.94. The molecule has 0 heterocycles. The van der Waals surface area contributed by atoms with Crippen LogP contribution in [0.15, 0.2) is 91.0 Å². The lowest BCUT2D eigenvalue weighted by molar-refractivity contribution is 0.483. The lowest BCUT2D eigenvalue weighted by Gasteiger charge is -2.22. The summed E-state index contributed by atoms with van der Waals surface area (Å²) in [5.41, 5.74) is 24.5. The van der Waals surface area contributed by atoms with Gasteiger partial charge >= 0.3 is 0 Å². The summed E-state index contributed by atoms with van der Waals surface area (Å²) >= 11 is 0. The first-order valence-corrected chi connectivity index (χ1v) is 17.6. The van der Waals surface area contributed by atoms with Crippen LogP contribution in [-0.4, -0.2) is 0 Å². The van der Waals surface area contributed by atoms with E-state index in [-0.39, 0.29) is 0 Å². The van der Waals surface area contributed by atoms with E-state index in [2.05, 4.69) is 167 Å². The molecule has 0 spiro atoms. The average Bonchev–Trinajstić information content (AvgIpc) is 3.07. The van der Waals surface area contributed by atoms with Gasteiger partial charge in [0.05, 0.1) is 0 Å². The molecule has 0 radical (unpaired) electrons. The molecule has 0 N–H and O–H groups in total. The number of hydrogen-bond donors (Lipinski definition) is 0. The molecule has 6 aromatic rings. The molecule has 6 aromatic carbocycles. The SMILES string of the molecule is Cc1ccc(Oc2ccc(C)c(C)c2-c2ccc(C)c(C)c2-c2ccc(C)c(Cc3cc(-c4ccc(C)c(C)c4)cc(C)c3C)c2)cc1C. The van der Waals surface area contributed by atoms with Gasteiger partial charge in [0.1, 0.15) is 11.5 Å². The molecule has 6 rings (SSSR count). The molecular formula is C48H50O. The first kappa shape index (κ1) is 34.0. The molecule has 49 heavy (non-hydrogen) atoms. The van der Waals surface area contributed by atoms with Gasteiger partial charge in [0, 0.05) is 5.56 Å². The Morgan fingerprint density at radius 3 is 1.61 bits per heavy atom. The Morgan fingerprint density at radius 2 is 0.918 bits per heavy atom. The fraction of sp³-hybridized carbons (Fsp3) is 0.250. The monoisotopic (exact) mass is 642 g/mol. The lowest BCUT2D eigenvalue weighted by Crippen LogP contribution is -2.01. The molecule has 1 nitrogen and oxygen atoms in total. The highest BCUT2D eigenvalue weighted by Crippen LogP contribution is 2.44. The van der Waals surface area contributed by atoms with Crippen molar-refractivity contribution >= 4 is 0 Å². The molecule has 0 aliphatic carbocycles. The third kappa shape index (κ3) is 6.73. The van der Waals surface area contributed by atoms with Gasteiger partial charge in [-0.3, -0.25) is 0 Å². The summed E-state index contributed by atoms with van der Waals surface area (Å²) in [6.07, 6.45) is 0.885. The highest BCUT2D eigenvalue weighted by atomic mass is 16.5. The predicted molar refractivity (Wildman–Crippen MR) is 211 cm³/mol. The minimum Gasteiger partial charge on any atom is -0.457 e. The van der Waals surface area contributed by atoms with Gasteiger partial charge in [-0.25, -0.2) is 0 Å². The van der Waals surface area contributed by atoms with E-state index in [1.807, 2.05) is 0 Å².